The number of aliphatic hydroxyl groups is 1. The van der Waals surface area contributed by atoms with E-state index in [1.165, 1.54) is 50.0 Å². The molecule has 45 heavy (non-hydrogen) atoms. The Balaban J connectivity index is 0.990. The summed E-state index contributed by atoms with van der Waals surface area (Å²) in [4.78, 5) is 34.9. The molecule has 11 heteroatoms. The lowest BCUT2D eigenvalue weighted by Crippen LogP contribution is -2.24. The number of ether oxygens (including phenoxy) is 2. The molecule has 0 saturated carbocycles. The molecule has 11 nitrogen and oxygen atoms in total. The molecule has 5 aromatic carbocycles. The third-order valence-corrected chi connectivity index (χ3v) is 8.06. The zero-order valence-electron chi connectivity index (χ0n) is 25.0. The van der Waals surface area contributed by atoms with Gasteiger partial charge in [0, 0.05) is 32.7 Å². The Kier molecular flexibility index (Phi) is 10.0. The summed E-state index contributed by atoms with van der Waals surface area (Å²) in [7, 11) is 1.64. The zero-order chi connectivity index (χ0) is 31.9. The van der Waals surface area contributed by atoms with Crippen LogP contribution in [0.15, 0.2) is 72.8 Å². The molecule has 0 heterocycles. The number of esters is 1. The minimum Gasteiger partial charge on any atom is -0.463 e. The second kappa shape index (κ2) is 14.3. The minimum atomic E-state index is -0.805. The molecule has 0 radical (unpaired) electrons. The first-order chi connectivity index (χ1) is 21.7. The Hall–Kier alpha value is -4.87. The number of anilines is 1. The molecule has 0 aliphatic carbocycles. The second-order valence-electron chi connectivity index (χ2n) is 11.1. The van der Waals surface area contributed by atoms with Gasteiger partial charge in [-0.3, -0.25) is 25.0 Å². The van der Waals surface area contributed by atoms with E-state index in [2.05, 4.69) is 54.6 Å². The molecule has 1 N–H and O–H groups in total. The number of nitrogens with zero attached hydrogens (tertiary/aromatic N) is 3. The standard InChI is InChI=1S/C34H35N3O8/c1-35(30-17-15-27(36(40)41)21-31(30)37(42)43)18-20-44-19-4-8-28(38)22-45-32(39)9-3-5-23-10-11-26-13-12-24-6-2-7-25-14-16-29(23)34(26)33(24)25/h2,6-7,10-17,21,28,38H,3-5,8-9,18-20,22H2,1H3. The molecule has 5 aromatic rings. The molecule has 5 rings (SSSR count). The SMILES string of the molecule is CN(CCOCCCC(O)COC(=O)CCCc1ccc2ccc3cccc4ccc1c2c34)c1ccc([N+](=O)[O-])cc1[N+](=O)[O-]. The van der Waals surface area contributed by atoms with Gasteiger partial charge < -0.3 is 19.5 Å². The Morgan fingerprint density at radius 1 is 0.889 bits per heavy atom. The number of aryl methyl sites for hydroxylation is 1. The van der Waals surface area contributed by atoms with Crippen molar-refractivity contribution >= 4 is 55.3 Å². The first kappa shape index (κ1) is 31.6. The van der Waals surface area contributed by atoms with Crippen molar-refractivity contribution in [3.8, 4) is 0 Å². The molecule has 0 fully saturated rings. The number of carbonyl (C=O) groups is 1. The van der Waals surface area contributed by atoms with E-state index in [9.17, 15) is 30.1 Å². The molecular weight excluding hydrogens is 578 g/mol. The average Bonchev–Trinajstić information content (AvgIpc) is 3.04. The van der Waals surface area contributed by atoms with Crippen LogP contribution in [0.1, 0.15) is 31.2 Å². The molecule has 0 bridgehead atoms. The lowest BCUT2D eigenvalue weighted by molar-refractivity contribution is -0.393. The first-order valence-electron chi connectivity index (χ1n) is 14.9. The van der Waals surface area contributed by atoms with Crippen LogP contribution in [-0.4, -0.2) is 60.4 Å². The van der Waals surface area contributed by atoms with Gasteiger partial charge in [0.2, 0.25) is 0 Å². The van der Waals surface area contributed by atoms with Crippen LogP contribution in [0.5, 0.6) is 0 Å². The summed E-state index contributed by atoms with van der Waals surface area (Å²) in [6, 6.07) is 22.8. The largest absolute Gasteiger partial charge is 0.463 e. The van der Waals surface area contributed by atoms with Gasteiger partial charge >= 0.3 is 5.97 Å². The zero-order valence-corrected chi connectivity index (χ0v) is 25.0. The van der Waals surface area contributed by atoms with Gasteiger partial charge in [-0.05, 0) is 69.6 Å². The van der Waals surface area contributed by atoms with Gasteiger partial charge in [-0.1, -0.05) is 54.6 Å². The van der Waals surface area contributed by atoms with Crippen molar-refractivity contribution in [3.05, 3.63) is 98.6 Å². The van der Waals surface area contributed by atoms with Gasteiger partial charge in [-0.2, -0.15) is 0 Å². The summed E-state index contributed by atoms with van der Waals surface area (Å²) in [6.07, 6.45) is 1.77. The fourth-order valence-corrected chi connectivity index (χ4v) is 5.72. The maximum absolute atomic E-state index is 12.4. The van der Waals surface area contributed by atoms with E-state index in [1.807, 2.05) is 0 Å². The number of non-ortho nitro benzene ring substituents is 1. The first-order valence-corrected chi connectivity index (χ1v) is 14.9. The van der Waals surface area contributed by atoms with Gasteiger partial charge in [0.25, 0.3) is 11.4 Å². The molecule has 0 amide bonds. The van der Waals surface area contributed by atoms with E-state index in [-0.39, 0.29) is 42.7 Å². The number of benzene rings is 5. The highest BCUT2D eigenvalue weighted by Crippen LogP contribution is 2.36. The highest BCUT2D eigenvalue weighted by molar-refractivity contribution is 6.23. The van der Waals surface area contributed by atoms with Crippen LogP contribution in [0.25, 0.3) is 32.3 Å². The fourth-order valence-electron chi connectivity index (χ4n) is 5.72. The molecule has 0 spiro atoms. The van der Waals surface area contributed by atoms with E-state index < -0.39 is 16.0 Å². The number of likely N-dealkylation sites (N-methyl/N-ethyl adjacent to an activating group) is 1. The van der Waals surface area contributed by atoms with Gasteiger partial charge in [0.1, 0.15) is 12.3 Å². The minimum absolute atomic E-state index is 0.0793. The van der Waals surface area contributed by atoms with E-state index in [0.29, 0.717) is 32.4 Å². The molecule has 1 unspecified atom stereocenters. The van der Waals surface area contributed by atoms with Crippen molar-refractivity contribution in [1.29, 1.82) is 0 Å². The summed E-state index contributed by atoms with van der Waals surface area (Å²) in [5.41, 5.74) is 0.754. The number of nitro benzene ring substituents is 2. The van der Waals surface area contributed by atoms with Gasteiger partial charge in [-0.25, -0.2) is 0 Å². The van der Waals surface area contributed by atoms with Crippen molar-refractivity contribution < 1.29 is 29.2 Å². The highest BCUT2D eigenvalue weighted by Gasteiger charge is 2.22. The topological polar surface area (TPSA) is 145 Å². The van der Waals surface area contributed by atoms with Crippen molar-refractivity contribution in [2.75, 3.05) is 38.3 Å². The molecule has 234 valence electrons. The number of nitro groups is 2. The van der Waals surface area contributed by atoms with Crippen LogP contribution < -0.4 is 4.90 Å². The number of rotatable bonds is 16. The average molecular weight is 614 g/mol. The number of aliphatic hydroxyl groups excluding tert-OH is 1. The normalized spacial score (nSPS) is 12.1. The number of hydrogen-bond acceptors (Lipinski definition) is 9. The number of carbonyl (C=O) groups excluding carboxylic acids is 1. The van der Waals surface area contributed by atoms with Crippen molar-refractivity contribution in [3.63, 3.8) is 0 Å². The monoisotopic (exact) mass is 613 g/mol. The van der Waals surface area contributed by atoms with Crippen LogP contribution in [-0.2, 0) is 20.7 Å². The summed E-state index contributed by atoms with van der Waals surface area (Å²) in [5.74, 6) is -0.341. The van der Waals surface area contributed by atoms with Crippen LogP contribution in [0, 0.1) is 20.2 Å². The Labute approximate surface area is 259 Å². The third-order valence-electron chi connectivity index (χ3n) is 8.06. The Morgan fingerprint density at radius 2 is 1.60 bits per heavy atom. The molecule has 1 atom stereocenters. The molecule has 0 aliphatic rings. The van der Waals surface area contributed by atoms with Crippen LogP contribution in [0.3, 0.4) is 0 Å². The predicted octanol–water partition coefficient (Wildman–Crippen LogP) is 6.56. The van der Waals surface area contributed by atoms with Gasteiger partial charge in [0.05, 0.1) is 28.6 Å². The van der Waals surface area contributed by atoms with E-state index in [1.54, 1.807) is 11.9 Å². The van der Waals surface area contributed by atoms with Crippen molar-refractivity contribution in [1.82, 2.24) is 0 Å². The lowest BCUT2D eigenvalue weighted by Gasteiger charge is -2.19. The molecule has 0 aliphatic heterocycles. The number of hydrogen-bond donors (Lipinski definition) is 1. The summed E-state index contributed by atoms with van der Waals surface area (Å²) in [6.45, 7) is 0.861. The van der Waals surface area contributed by atoms with Crippen molar-refractivity contribution in [2.24, 2.45) is 0 Å². The van der Waals surface area contributed by atoms with E-state index in [0.717, 1.165) is 12.5 Å². The fraction of sp³-hybridized carbons (Fsp3) is 0.324. The van der Waals surface area contributed by atoms with Crippen molar-refractivity contribution in [2.45, 2.75) is 38.2 Å². The highest BCUT2D eigenvalue weighted by atomic mass is 16.6. The summed E-state index contributed by atoms with van der Waals surface area (Å²) in [5, 5.41) is 39.9. The Morgan fingerprint density at radius 3 is 2.33 bits per heavy atom. The van der Waals surface area contributed by atoms with Gasteiger partial charge in [-0.15, -0.1) is 0 Å². The quantitative estimate of drug-likeness (QED) is 0.0430. The maximum Gasteiger partial charge on any atom is 0.305 e. The summed E-state index contributed by atoms with van der Waals surface area (Å²) < 4.78 is 10.9. The van der Waals surface area contributed by atoms with Crippen LogP contribution in [0.4, 0.5) is 17.1 Å². The van der Waals surface area contributed by atoms with Gasteiger partial charge in [0.15, 0.2) is 0 Å². The van der Waals surface area contributed by atoms with Crippen LogP contribution in [0.2, 0.25) is 0 Å². The van der Waals surface area contributed by atoms with E-state index in [4.69, 9.17) is 9.47 Å². The molecule has 0 saturated heterocycles. The lowest BCUT2D eigenvalue weighted by atomic mass is 9.90. The smallest absolute Gasteiger partial charge is 0.305 e. The predicted molar refractivity (Wildman–Crippen MR) is 173 cm³/mol. The Bertz CT molecular complexity index is 1810. The second-order valence-corrected chi connectivity index (χ2v) is 11.1. The van der Waals surface area contributed by atoms with Crippen LogP contribution >= 0.6 is 0 Å². The third kappa shape index (κ3) is 7.44. The maximum atomic E-state index is 12.4. The summed E-state index contributed by atoms with van der Waals surface area (Å²) >= 11 is 0. The van der Waals surface area contributed by atoms with E-state index >= 15 is 0 Å². The molecular formula is C34H35N3O8. The molecule has 0 aromatic heterocycles.